The number of aliphatic hydroxyl groups excluding tert-OH is 4. The quantitative estimate of drug-likeness (QED) is 0.0763. The van der Waals surface area contributed by atoms with E-state index in [0.29, 0.717) is 13.0 Å². The van der Waals surface area contributed by atoms with Gasteiger partial charge in [0.1, 0.15) is 23.9 Å². The molecular weight excluding hydrogens is 562 g/mol. The van der Waals surface area contributed by atoms with Crippen molar-refractivity contribution in [1.29, 1.82) is 0 Å². The Morgan fingerprint density at radius 2 is 1.61 bits per heavy atom. The van der Waals surface area contributed by atoms with Crippen LogP contribution < -0.4 is 16.4 Å². The molecule has 0 aromatic rings. The SMILES string of the molecule is CCOCC1(C)C(CO)OC(C)(OC2(C)C(CO)OC(C)(CC)C(N)C2O)C(NC(=O)NCCC[Si](O)(O)O)C1O. The van der Waals surface area contributed by atoms with E-state index in [9.17, 15) is 39.6 Å². The van der Waals surface area contributed by atoms with E-state index in [-0.39, 0.29) is 25.6 Å². The highest BCUT2D eigenvalue weighted by Gasteiger charge is 2.64. The highest BCUT2D eigenvalue weighted by Crippen LogP contribution is 2.47. The lowest BCUT2D eigenvalue weighted by atomic mass is 9.71. The summed E-state index contributed by atoms with van der Waals surface area (Å²) in [5, 5.41) is 48.8. The first-order chi connectivity index (χ1) is 18.9. The maximum Gasteiger partial charge on any atom is 0.492 e. The summed E-state index contributed by atoms with van der Waals surface area (Å²) in [6, 6.07) is -3.32. The second-order valence-corrected chi connectivity index (χ2v) is 13.9. The number of urea groups is 1. The molecule has 0 bridgehead atoms. The van der Waals surface area contributed by atoms with Gasteiger partial charge in [-0.1, -0.05) is 13.8 Å². The number of carbonyl (C=O) groups excluding carboxylic acids is 1. The minimum atomic E-state index is -4.27. The van der Waals surface area contributed by atoms with Crippen molar-refractivity contribution < 1.29 is 58.6 Å². The molecule has 2 saturated heterocycles. The minimum absolute atomic E-state index is 0.0275. The number of amides is 2. The molecule has 2 aliphatic rings. The molecule has 242 valence electrons. The van der Waals surface area contributed by atoms with Gasteiger partial charge in [-0.3, -0.25) is 0 Å². The van der Waals surface area contributed by atoms with Gasteiger partial charge < -0.3 is 70.1 Å². The predicted molar refractivity (Wildman–Crippen MR) is 147 cm³/mol. The number of rotatable bonds is 13. The van der Waals surface area contributed by atoms with Crippen LogP contribution in [0, 0.1) is 5.41 Å². The van der Waals surface area contributed by atoms with Gasteiger partial charge >= 0.3 is 14.8 Å². The van der Waals surface area contributed by atoms with Crippen LogP contribution in [0.4, 0.5) is 4.79 Å². The first-order valence-electron chi connectivity index (χ1n) is 14.1. The van der Waals surface area contributed by atoms with E-state index in [1.54, 1.807) is 20.8 Å². The van der Waals surface area contributed by atoms with E-state index in [0.717, 1.165) is 0 Å². The van der Waals surface area contributed by atoms with Crippen LogP contribution >= 0.6 is 0 Å². The Balaban J connectivity index is 2.45. The van der Waals surface area contributed by atoms with E-state index >= 15 is 0 Å². The summed E-state index contributed by atoms with van der Waals surface area (Å²) >= 11 is 0. The number of hydrogen-bond acceptors (Lipinski definition) is 13. The smallest absolute Gasteiger partial charge is 0.394 e. The van der Waals surface area contributed by atoms with Crippen LogP contribution in [0.3, 0.4) is 0 Å². The molecule has 10 unspecified atom stereocenters. The van der Waals surface area contributed by atoms with Crippen molar-refractivity contribution in [3.05, 3.63) is 0 Å². The zero-order valence-electron chi connectivity index (χ0n) is 24.9. The van der Waals surface area contributed by atoms with Gasteiger partial charge in [-0.05, 0) is 40.5 Å². The molecule has 0 saturated carbocycles. The van der Waals surface area contributed by atoms with Crippen molar-refractivity contribution in [3.8, 4) is 0 Å². The molecule has 2 aliphatic heterocycles. The van der Waals surface area contributed by atoms with Crippen LogP contribution in [0.2, 0.25) is 6.04 Å². The fourth-order valence-electron chi connectivity index (χ4n) is 5.61. The molecule has 16 heteroatoms. The number of aliphatic hydroxyl groups is 4. The highest BCUT2D eigenvalue weighted by atomic mass is 28.4. The van der Waals surface area contributed by atoms with Gasteiger partial charge in [0.05, 0.1) is 43.7 Å². The Morgan fingerprint density at radius 3 is 2.12 bits per heavy atom. The summed E-state index contributed by atoms with van der Waals surface area (Å²) in [4.78, 5) is 40.5. The van der Waals surface area contributed by atoms with Gasteiger partial charge in [0.2, 0.25) is 0 Å². The average Bonchev–Trinajstić information content (AvgIpc) is 2.90. The molecule has 2 heterocycles. The van der Waals surface area contributed by atoms with Crippen molar-refractivity contribution in [1.82, 2.24) is 10.6 Å². The Labute approximate surface area is 242 Å². The topological polar surface area (TPSA) is 246 Å². The lowest BCUT2D eigenvalue weighted by molar-refractivity contribution is -0.401. The minimum Gasteiger partial charge on any atom is -0.394 e. The Morgan fingerprint density at radius 1 is 1.00 bits per heavy atom. The summed E-state index contributed by atoms with van der Waals surface area (Å²) in [6.45, 7) is 9.02. The fraction of sp³-hybridized carbons (Fsp3) is 0.960. The van der Waals surface area contributed by atoms with E-state index < -0.39 is 87.0 Å². The third kappa shape index (κ3) is 7.75. The molecule has 0 aromatic carbocycles. The summed E-state index contributed by atoms with van der Waals surface area (Å²) in [5.74, 6) is -1.91. The largest absolute Gasteiger partial charge is 0.492 e. The monoisotopic (exact) mass is 613 g/mol. The van der Waals surface area contributed by atoms with Crippen molar-refractivity contribution in [2.75, 3.05) is 33.0 Å². The number of hydrogen-bond donors (Lipinski definition) is 10. The van der Waals surface area contributed by atoms with Crippen molar-refractivity contribution in [2.45, 2.75) is 114 Å². The van der Waals surface area contributed by atoms with Crippen LogP contribution in [0.25, 0.3) is 0 Å². The van der Waals surface area contributed by atoms with Crippen LogP contribution in [-0.4, -0.2) is 136 Å². The summed E-state index contributed by atoms with van der Waals surface area (Å²) in [5.41, 5.74) is 2.48. The molecule has 0 radical (unpaired) electrons. The molecule has 10 atom stereocenters. The zero-order chi connectivity index (χ0) is 31.4. The zero-order valence-corrected chi connectivity index (χ0v) is 25.9. The third-order valence-corrected chi connectivity index (χ3v) is 9.71. The van der Waals surface area contributed by atoms with Crippen molar-refractivity contribution in [3.63, 3.8) is 0 Å². The van der Waals surface area contributed by atoms with Gasteiger partial charge in [-0.2, -0.15) is 0 Å². The molecule has 0 aliphatic carbocycles. The second kappa shape index (κ2) is 13.8. The van der Waals surface area contributed by atoms with Crippen molar-refractivity contribution in [2.24, 2.45) is 11.1 Å². The summed E-state index contributed by atoms with van der Waals surface area (Å²) < 4.78 is 24.4. The molecule has 41 heavy (non-hydrogen) atoms. The highest BCUT2D eigenvalue weighted by molar-refractivity contribution is 6.56. The van der Waals surface area contributed by atoms with E-state index in [2.05, 4.69) is 10.6 Å². The third-order valence-electron chi connectivity index (χ3n) is 8.69. The normalized spacial score (nSPS) is 41.7. The molecule has 2 rings (SSSR count). The molecule has 15 nitrogen and oxygen atoms in total. The molecule has 0 spiro atoms. The number of nitrogens with two attached hydrogens (primary N) is 1. The van der Waals surface area contributed by atoms with Crippen LogP contribution in [0.1, 0.15) is 54.4 Å². The second-order valence-electron chi connectivity index (χ2n) is 11.9. The van der Waals surface area contributed by atoms with Gasteiger partial charge in [-0.15, -0.1) is 0 Å². The predicted octanol–water partition coefficient (Wildman–Crippen LogP) is -2.51. The van der Waals surface area contributed by atoms with Crippen LogP contribution in [0.5, 0.6) is 0 Å². The van der Waals surface area contributed by atoms with E-state index in [1.807, 2.05) is 6.92 Å². The van der Waals surface area contributed by atoms with Crippen LogP contribution in [-0.2, 0) is 18.9 Å². The molecule has 0 aromatic heterocycles. The summed E-state index contributed by atoms with van der Waals surface area (Å²) in [6.07, 6.45) is -4.42. The maximum absolute atomic E-state index is 12.9. The molecule has 11 N–H and O–H groups in total. The van der Waals surface area contributed by atoms with Crippen molar-refractivity contribution >= 4 is 14.8 Å². The Hall–Kier alpha value is -0.993. The van der Waals surface area contributed by atoms with Gasteiger partial charge in [0.25, 0.3) is 0 Å². The van der Waals surface area contributed by atoms with Gasteiger partial charge in [-0.25, -0.2) is 4.79 Å². The fourth-order valence-corrected chi connectivity index (χ4v) is 6.26. The number of ether oxygens (including phenoxy) is 4. The van der Waals surface area contributed by atoms with E-state index in [4.69, 9.17) is 24.7 Å². The van der Waals surface area contributed by atoms with Gasteiger partial charge in [0, 0.05) is 24.6 Å². The standard InChI is InChI=1S/C25H51N3O12Si/c1-7-23(4)17(26)19(31)24(5,16(13-30)38-23)40-25(6)18(28-21(33)27-10-9-11-41(34,35)36)20(32)22(3,14-37-8-2)15(12-29)39-25/h15-20,29-32,34-36H,7-14,26H2,1-6H3,(H2,27,28,33). The number of nitrogens with one attached hydrogen (secondary N) is 2. The summed E-state index contributed by atoms with van der Waals surface area (Å²) in [7, 11) is -4.27. The lowest BCUT2D eigenvalue weighted by Gasteiger charge is -2.60. The first-order valence-corrected chi connectivity index (χ1v) is 16.1. The molecule has 2 amide bonds. The molecule has 2 fully saturated rings. The Kier molecular flexibility index (Phi) is 12.1. The first kappa shape index (κ1) is 36.2. The lowest BCUT2D eigenvalue weighted by Crippen LogP contribution is -2.78. The van der Waals surface area contributed by atoms with E-state index in [1.165, 1.54) is 13.8 Å². The van der Waals surface area contributed by atoms with Gasteiger partial charge in [0.15, 0.2) is 5.79 Å². The average molecular weight is 614 g/mol. The number of carbonyl (C=O) groups is 1. The molecular formula is C25H51N3O12Si. The Bertz CT molecular complexity index is 866. The maximum atomic E-state index is 12.9. The van der Waals surface area contributed by atoms with Crippen LogP contribution in [0.15, 0.2) is 0 Å².